The minimum atomic E-state index is -0.444. The van der Waals surface area contributed by atoms with Gasteiger partial charge in [-0.15, -0.1) is 0 Å². The minimum absolute atomic E-state index is 0.444. The number of benzene rings is 13. The van der Waals surface area contributed by atoms with E-state index in [2.05, 4.69) is 313 Å². The van der Waals surface area contributed by atoms with Crippen molar-refractivity contribution in [3.63, 3.8) is 0 Å². The Morgan fingerprint density at radius 3 is 1.44 bits per heavy atom. The van der Waals surface area contributed by atoms with Gasteiger partial charge >= 0.3 is 0 Å². The van der Waals surface area contributed by atoms with E-state index in [-0.39, 0.29) is 0 Å². The smallest absolute Gasteiger partial charge is 0.0726 e. The van der Waals surface area contributed by atoms with Gasteiger partial charge in [0.2, 0.25) is 0 Å². The first-order valence-corrected chi connectivity index (χ1v) is 27.4. The number of nitrogens with zero attached hydrogens (tertiary/aromatic N) is 2. The Bertz CT molecular complexity index is 4670. The molecule has 1 aromatic heterocycles. The van der Waals surface area contributed by atoms with Crippen LogP contribution < -0.4 is 4.90 Å². The Kier molecular flexibility index (Phi) is 10.2. The first kappa shape index (κ1) is 45.0. The molecule has 0 unspecified atom stereocenters. The number of aromatic nitrogens is 1. The molecule has 0 amide bonds. The molecule has 1 heterocycles. The maximum atomic E-state index is 2.48. The van der Waals surface area contributed by atoms with Crippen LogP contribution in [0.25, 0.3) is 105 Å². The van der Waals surface area contributed by atoms with Crippen molar-refractivity contribution < 1.29 is 0 Å². The number of hydrogen-bond acceptors (Lipinski definition) is 1. The normalized spacial score (nSPS) is 12.7. The summed E-state index contributed by atoms with van der Waals surface area (Å²) >= 11 is 0. The third kappa shape index (κ3) is 7.05. The van der Waals surface area contributed by atoms with Crippen molar-refractivity contribution in [1.29, 1.82) is 0 Å². The van der Waals surface area contributed by atoms with Gasteiger partial charge in [0.25, 0.3) is 0 Å². The molecule has 0 bridgehead atoms. The first-order chi connectivity index (χ1) is 39.2. The lowest BCUT2D eigenvalue weighted by atomic mass is 9.70. The molecule has 2 aliphatic carbocycles. The maximum absolute atomic E-state index is 2.48. The molecule has 0 saturated carbocycles. The average molecular weight is 1000 g/mol. The fraction of sp³-hybridized carbons (Fsp3) is 0.0130. The van der Waals surface area contributed by atoms with E-state index in [4.69, 9.17) is 0 Å². The molecule has 2 nitrogen and oxygen atoms in total. The van der Waals surface area contributed by atoms with Crippen LogP contribution in [-0.2, 0) is 5.41 Å². The minimum Gasteiger partial charge on any atom is -0.310 e. The summed E-state index contributed by atoms with van der Waals surface area (Å²) in [6.45, 7) is 0. The standard InChI is InChI=1S/C77H50N2/c1-3-19-51(20-4-1)54-23-17-24-55(43-54)59-45-60(57-38-37-52-21-7-8-22-53(52)44-57)48-64(47-59)79-75-36-16-12-32-69(75)70-49-58(39-42-76(70)79)56-25-18-28-62(46-56)78(61-26-5-2-6-27-61)63-40-41-68-67-31-11-15-35-73(67)77(74(68)50-63)71-33-13-9-29-65(71)66-30-10-14-34-72(66)77/h1-50H. The number of para-hydroxylation sites is 2. The summed E-state index contributed by atoms with van der Waals surface area (Å²) in [5.41, 5.74) is 26.3. The van der Waals surface area contributed by atoms with Crippen LogP contribution in [-0.4, -0.2) is 4.57 Å². The number of anilines is 3. The van der Waals surface area contributed by atoms with E-state index in [1.807, 2.05) is 0 Å². The van der Waals surface area contributed by atoms with Crippen molar-refractivity contribution in [2.45, 2.75) is 5.41 Å². The van der Waals surface area contributed by atoms with E-state index >= 15 is 0 Å². The van der Waals surface area contributed by atoms with E-state index in [9.17, 15) is 0 Å². The third-order valence-electron chi connectivity index (χ3n) is 16.9. The van der Waals surface area contributed by atoms with Gasteiger partial charge in [-0.25, -0.2) is 0 Å². The van der Waals surface area contributed by atoms with E-state index in [1.165, 1.54) is 105 Å². The molecule has 13 aromatic carbocycles. The second-order valence-corrected chi connectivity index (χ2v) is 21.2. The second-order valence-electron chi connectivity index (χ2n) is 21.2. The Morgan fingerprint density at radius 2 is 0.722 bits per heavy atom. The molecule has 0 radical (unpaired) electrons. The van der Waals surface area contributed by atoms with Gasteiger partial charge < -0.3 is 9.47 Å². The van der Waals surface area contributed by atoms with Crippen LogP contribution in [0.4, 0.5) is 17.1 Å². The van der Waals surface area contributed by atoms with E-state index in [1.54, 1.807) is 0 Å². The van der Waals surface area contributed by atoms with E-state index < -0.39 is 5.41 Å². The van der Waals surface area contributed by atoms with Crippen LogP contribution in [0.2, 0.25) is 0 Å². The molecule has 79 heavy (non-hydrogen) atoms. The first-order valence-electron chi connectivity index (χ1n) is 27.4. The van der Waals surface area contributed by atoms with Crippen LogP contribution in [0.5, 0.6) is 0 Å². The fourth-order valence-corrected chi connectivity index (χ4v) is 13.5. The molecule has 0 atom stereocenters. The van der Waals surface area contributed by atoms with Crippen molar-refractivity contribution in [3.8, 4) is 72.4 Å². The summed E-state index contributed by atoms with van der Waals surface area (Å²) in [7, 11) is 0. The maximum Gasteiger partial charge on any atom is 0.0726 e. The van der Waals surface area contributed by atoms with Gasteiger partial charge in [0.15, 0.2) is 0 Å². The van der Waals surface area contributed by atoms with E-state index in [0.717, 1.165) is 39.4 Å². The number of hydrogen-bond donors (Lipinski definition) is 0. The highest BCUT2D eigenvalue weighted by Crippen LogP contribution is 2.63. The van der Waals surface area contributed by atoms with Crippen molar-refractivity contribution in [2.75, 3.05) is 4.90 Å². The Hall–Kier alpha value is -10.3. The zero-order valence-electron chi connectivity index (χ0n) is 43.3. The van der Waals surface area contributed by atoms with Crippen LogP contribution in [0.15, 0.2) is 303 Å². The van der Waals surface area contributed by atoms with Gasteiger partial charge in [0, 0.05) is 33.5 Å². The number of rotatable bonds is 8. The van der Waals surface area contributed by atoms with Gasteiger partial charge in [0.05, 0.1) is 16.4 Å². The topological polar surface area (TPSA) is 8.17 Å². The quantitative estimate of drug-likeness (QED) is 0.147. The van der Waals surface area contributed by atoms with Crippen LogP contribution in [0.1, 0.15) is 22.3 Å². The molecule has 14 aromatic rings. The van der Waals surface area contributed by atoms with Crippen molar-refractivity contribution in [3.05, 3.63) is 326 Å². The third-order valence-corrected chi connectivity index (χ3v) is 16.9. The zero-order chi connectivity index (χ0) is 52.0. The van der Waals surface area contributed by atoms with Crippen molar-refractivity contribution >= 4 is 49.6 Å². The predicted octanol–water partition coefficient (Wildman–Crippen LogP) is 20.4. The zero-order valence-corrected chi connectivity index (χ0v) is 43.3. The highest BCUT2D eigenvalue weighted by Gasteiger charge is 2.51. The summed E-state index contributed by atoms with van der Waals surface area (Å²) in [6.07, 6.45) is 0. The van der Waals surface area contributed by atoms with Crippen molar-refractivity contribution in [2.24, 2.45) is 0 Å². The molecule has 0 saturated heterocycles. The largest absolute Gasteiger partial charge is 0.310 e. The van der Waals surface area contributed by atoms with Crippen LogP contribution in [0, 0.1) is 0 Å². The molecule has 0 N–H and O–H groups in total. The summed E-state index contributed by atoms with van der Waals surface area (Å²) in [6, 6.07) is 112. The molecule has 2 aliphatic rings. The highest BCUT2D eigenvalue weighted by molar-refractivity contribution is 6.11. The molecular formula is C77H50N2. The summed E-state index contributed by atoms with van der Waals surface area (Å²) in [4.78, 5) is 2.44. The van der Waals surface area contributed by atoms with Gasteiger partial charge in [-0.05, 0) is 185 Å². The Morgan fingerprint density at radius 1 is 0.241 bits per heavy atom. The van der Waals surface area contributed by atoms with Gasteiger partial charge in [-0.3, -0.25) is 0 Å². The molecule has 0 aliphatic heterocycles. The van der Waals surface area contributed by atoms with Crippen molar-refractivity contribution in [1.82, 2.24) is 4.57 Å². The summed E-state index contributed by atoms with van der Waals surface area (Å²) in [5.74, 6) is 0. The Balaban J connectivity index is 0.840. The average Bonchev–Trinajstić information content (AvgIpc) is 4.31. The van der Waals surface area contributed by atoms with Gasteiger partial charge in [-0.1, -0.05) is 218 Å². The molecular weight excluding hydrogens is 953 g/mol. The Labute approximate surface area is 460 Å². The lowest BCUT2D eigenvalue weighted by Gasteiger charge is -2.32. The molecule has 0 fully saturated rings. The van der Waals surface area contributed by atoms with Gasteiger partial charge in [-0.2, -0.15) is 0 Å². The fourth-order valence-electron chi connectivity index (χ4n) is 13.5. The highest BCUT2D eigenvalue weighted by atomic mass is 15.1. The second kappa shape index (κ2) is 17.9. The monoisotopic (exact) mass is 1000 g/mol. The summed E-state index contributed by atoms with van der Waals surface area (Å²) < 4.78 is 2.47. The predicted molar refractivity (Wildman–Crippen MR) is 331 cm³/mol. The van der Waals surface area contributed by atoms with Crippen LogP contribution in [0.3, 0.4) is 0 Å². The summed E-state index contributed by atoms with van der Waals surface area (Å²) in [5, 5.41) is 4.89. The van der Waals surface area contributed by atoms with Gasteiger partial charge in [0.1, 0.15) is 0 Å². The molecule has 2 heteroatoms. The lowest BCUT2D eigenvalue weighted by Crippen LogP contribution is -2.26. The number of fused-ring (bicyclic) bond motifs is 14. The molecule has 16 rings (SSSR count). The SMILES string of the molecule is c1ccc(-c2cccc(-c3cc(-c4ccc5ccccc5c4)cc(-n4c5ccccc5c5cc(-c6cccc(N(c7ccccc7)c7ccc8c(c7)C7(c9ccccc9-c9ccccc97)c7ccccc7-8)c6)ccc54)c3)c2)cc1. The molecule has 368 valence electrons. The lowest BCUT2D eigenvalue weighted by molar-refractivity contribution is 0.793. The van der Waals surface area contributed by atoms with E-state index in [0.29, 0.717) is 0 Å². The van der Waals surface area contributed by atoms with Crippen LogP contribution >= 0.6 is 0 Å². The molecule has 1 spiro atoms.